The van der Waals surface area contributed by atoms with Crippen molar-refractivity contribution in [3.05, 3.63) is 121 Å². The molecule has 0 spiro atoms. The van der Waals surface area contributed by atoms with E-state index in [9.17, 15) is 5.11 Å². The lowest BCUT2D eigenvalue weighted by atomic mass is 10.1. The van der Waals surface area contributed by atoms with E-state index in [0.29, 0.717) is 28.2 Å². The number of phenols is 1. The maximum Gasteiger partial charge on any atom is 0.180 e. The highest BCUT2D eigenvalue weighted by Gasteiger charge is 2.25. The molecule has 3 aromatic heterocycles. The van der Waals surface area contributed by atoms with E-state index in [2.05, 4.69) is 54.9 Å². The van der Waals surface area contributed by atoms with Crippen molar-refractivity contribution in [3.8, 4) is 28.4 Å². The summed E-state index contributed by atoms with van der Waals surface area (Å²) in [7, 11) is -1.82. The summed E-state index contributed by atoms with van der Waals surface area (Å²) in [4.78, 5) is 16.9. The van der Waals surface area contributed by atoms with E-state index in [1.165, 1.54) is 5.19 Å². The first-order chi connectivity index (χ1) is 20.9. The van der Waals surface area contributed by atoms with Crippen LogP contribution in [0.15, 0.2) is 126 Å². The van der Waals surface area contributed by atoms with E-state index < -0.39 is 8.07 Å². The van der Waals surface area contributed by atoms with Crippen molar-refractivity contribution in [2.45, 2.75) is 19.6 Å². The van der Waals surface area contributed by atoms with Crippen molar-refractivity contribution in [1.29, 1.82) is 0 Å². The molecule has 0 unspecified atom stereocenters. The monoisotopic (exact) mass is 578 g/mol. The second-order valence-electron chi connectivity index (χ2n) is 11.6. The van der Waals surface area contributed by atoms with Crippen molar-refractivity contribution in [2.75, 3.05) is 4.90 Å². The lowest BCUT2D eigenvalue weighted by Crippen LogP contribution is -2.38. The van der Waals surface area contributed by atoms with Crippen LogP contribution < -0.4 is 10.1 Å². The Labute approximate surface area is 251 Å². The van der Waals surface area contributed by atoms with E-state index in [-0.39, 0.29) is 5.75 Å². The number of hydrogen-bond donors (Lipinski definition) is 1. The van der Waals surface area contributed by atoms with E-state index in [1.807, 2.05) is 79.0 Å². The van der Waals surface area contributed by atoms with E-state index in [1.54, 1.807) is 12.1 Å². The molecule has 0 bridgehead atoms. The van der Waals surface area contributed by atoms with Crippen molar-refractivity contribution >= 4 is 52.5 Å². The second-order valence-corrected chi connectivity index (χ2v) is 16.6. The normalized spacial score (nSPS) is 11.7. The smallest absolute Gasteiger partial charge is 0.180 e. The third-order valence-electron chi connectivity index (χ3n) is 7.57. The molecule has 0 saturated carbocycles. The highest BCUT2D eigenvalue weighted by Crippen LogP contribution is 2.40. The molecule has 0 fully saturated rings. The molecule has 0 atom stereocenters. The van der Waals surface area contributed by atoms with Gasteiger partial charge in [0.1, 0.15) is 28.4 Å². The van der Waals surface area contributed by atoms with E-state index in [0.717, 1.165) is 33.7 Å². The third kappa shape index (κ3) is 4.94. The molecule has 7 aromatic rings. The van der Waals surface area contributed by atoms with Crippen LogP contribution in [0.2, 0.25) is 19.6 Å². The zero-order valence-corrected chi connectivity index (χ0v) is 25.2. The zero-order chi connectivity index (χ0) is 29.6. The predicted octanol–water partition coefficient (Wildman–Crippen LogP) is 8.83. The molecule has 7 rings (SSSR count). The molecule has 0 aliphatic heterocycles. The number of rotatable bonds is 6. The molecular formula is C36H30N4O2Si. The molecule has 4 aromatic carbocycles. The molecule has 1 N–H and O–H groups in total. The van der Waals surface area contributed by atoms with E-state index in [4.69, 9.17) is 19.4 Å². The second kappa shape index (κ2) is 10.5. The van der Waals surface area contributed by atoms with Crippen LogP contribution in [-0.2, 0) is 0 Å². The maximum absolute atomic E-state index is 10.8. The molecule has 7 heteroatoms. The van der Waals surface area contributed by atoms with E-state index >= 15 is 0 Å². The number of fused-ring (bicyclic) bond motifs is 3. The molecule has 0 aliphatic carbocycles. The Kier molecular flexibility index (Phi) is 6.52. The molecule has 0 radical (unpaired) electrons. The molecule has 0 saturated heterocycles. The van der Waals surface area contributed by atoms with Crippen molar-refractivity contribution in [1.82, 2.24) is 15.0 Å². The first-order valence-electron chi connectivity index (χ1n) is 14.3. The molecule has 0 amide bonds. The first kappa shape index (κ1) is 26.6. The van der Waals surface area contributed by atoms with Crippen LogP contribution in [0.5, 0.6) is 5.75 Å². The summed E-state index contributed by atoms with van der Waals surface area (Å²) in [6.07, 6.45) is 1.81. The van der Waals surface area contributed by atoms with Crippen LogP contribution in [0.1, 0.15) is 0 Å². The number of phenolic OH excluding ortho intramolecular Hbond substituents is 1. The summed E-state index contributed by atoms with van der Waals surface area (Å²) in [6, 6.07) is 37.9. The Morgan fingerprint density at radius 2 is 1.47 bits per heavy atom. The molecule has 0 aliphatic rings. The molecule has 43 heavy (non-hydrogen) atoms. The summed E-state index contributed by atoms with van der Waals surface area (Å²) in [5.41, 5.74) is 6.20. The Bertz CT molecular complexity index is 2050. The predicted molar refractivity (Wildman–Crippen MR) is 177 cm³/mol. The number of benzene rings is 4. The highest BCUT2D eigenvalue weighted by molar-refractivity contribution is 6.88. The van der Waals surface area contributed by atoms with Crippen molar-refractivity contribution in [2.24, 2.45) is 0 Å². The van der Waals surface area contributed by atoms with Crippen LogP contribution in [0.4, 0.5) is 17.2 Å². The standard InChI is InChI=1S/C36H30N4O2Si/c1-43(2,3)27-22-24(21-26(23-27)40(25-13-5-4-6-14-25)32-19-11-12-20-37-32)33-35-34(29-16-8-10-18-31(29)42-35)39-36(38-33)28-15-7-9-17-30(28)41/h4-23,41H,1-3H3. The number of nitrogens with zero attached hydrogens (tertiary/aromatic N) is 4. The Hall–Kier alpha value is -5.27. The maximum atomic E-state index is 10.8. The lowest BCUT2D eigenvalue weighted by molar-refractivity contribution is 0.477. The van der Waals surface area contributed by atoms with Crippen LogP contribution >= 0.6 is 0 Å². The Balaban J connectivity index is 1.55. The summed E-state index contributed by atoms with van der Waals surface area (Å²) < 4.78 is 6.45. The van der Waals surface area contributed by atoms with Gasteiger partial charge in [0.05, 0.1) is 13.6 Å². The highest BCUT2D eigenvalue weighted by atomic mass is 28.3. The molecule has 210 valence electrons. The van der Waals surface area contributed by atoms with Gasteiger partial charge in [-0.25, -0.2) is 15.0 Å². The van der Waals surface area contributed by atoms with Gasteiger partial charge < -0.3 is 9.52 Å². The topological polar surface area (TPSA) is 75.3 Å². The Morgan fingerprint density at radius 1 is 0.721 bits per heavy atom. The number of aromatic nitrogens is 3. The zero-order valence-electron chi connectivity index (χ0n) is 24.2. The fraction of sp³-hybridized carbons (Fsp3) is 0.0833. The molecular weight excluding hydrogens is 549 g/mol. The average Bonchev–Trinajstić information content (AvgIpc) is 3.40. The van der Waals surface area contributed by atoms with Gasteiger partial charge in [0.2, 0.25) is 0 Å². The minimum atomic E-state index is -1.82. The summed E-state index contributed by atoms with van der Waals surface area (Å²) in [6.45, 7) is 7.02. The number of anilines is 3. The van der Waals surface area contributed by atoms with Gasteiger partial charge in [0.15, 0.2) is 11.4 Å². The fourth-order valence-corrected chi connectivity index (χ4v) is 6.53. The number of para-hydroxylation sites is 3. The van der Waals surface area contributed by atoms with Gasteiger partial charge in [-0.1, -0.05) is 79.4 Å². The Morgan fingerprint density at radius 3 is 2.23 bits per heavy atom. The lowest BCUT2D eigenvalue weighted by Gasteiger charge is -2.27. The van der Waals surface area contributed by atoms with Crippen LogP contribution in [0.3, 0.4) is 0 Å². The number of pyridine rings is 1. The van der Waals surface area contributed by atoms with Gasteiger partial charge >= 0.3 is 0 Å². The van der Waals surface area contributed by atoms with Gasteiger partial charge in [0, 0.05) is 28.5 Å². The number of furan rings is 1. The van der Waals surface area contributed by atoms with Crippen molar-refractivity contribution in [3.63, 3.8) is 0 Å². The minimum Gasteiger partial charge on any atom is -0.507 e. The molecule has 3 heterocycles. The van der Waals surface area contributed by atoms with Crippen LogP contribution in [-0.4, -0.2) is 28.1 Å². The molecule has 6 nitrogen and oxygen atoms in total. The fourth-order valence-electron chi connectivity index (χ4n) is 5.36. The summed E-state index contributed by atoms with van der Waals surface area (Å²) >= 11 is 0. The first-order valence-corrected chi connectivity index (χ1v) is 17.8. The third-order valence-corrected chi connectivity index (χ3v) is 9.59. The van der Waals surface area contributed by atoms with Gasteiger partial charge in [-0.2, -0.15) is 0 Å². The number of aromatic hydroxyl groups is 1. The minimum absolute atomic E-state index is 0.127. The van der Waals surface area contributed by atoms with Crippen LogP contribution in [0, 0.1) is 0 Å². The van der Waals surface area contributed by atoms with Crippen LogP contribution in [0.25, 0.3) is 44.7 Å². The SMILES string of the molecule is C[Si](C)(C)c1cc(-c2nc(-c3ccccc3O)nc3c2oc2ccccc23)cc(N(c2ccccc2)c2ccccn2)c1. The quantitative estimate of drug-likeness (QED) is 0.199. The van der Waals surface area contributed by atoms with Crippen molar-refractivity contribution < 1.29 is 9.52 Å². The summed E-state index contributed by atoms with van der Waals surface area (Å²) in [5.74, 6) is 1.39. The van der Waals surface area contributed by atoms with Gasteiger partial charge in [-0.05, 0) is 60.7 Å². The van der Waals surface area contributed by atoms with Gasteiger partial charge in [-0.3, -0.25) is 4.90 Å². The number of hydrogen-bond acceptors (Lipinski definition) is 6. The average molecular weight is 579 g/mol. The largest absolute Gasteiger partial charge is 0.507 e. The van der Waals surface area contributed by atoms with Gasteiger partial charge in [0.25, 0.3) is 0 Å². The van der Waals surface area contributed by atoms with Gasteiger partial charge in [-0.15, -0.1) is 0 Å². The summed E-state index contributed by atoms with van der Waals surface area (Å²) in [5, 5.41) is 12.9.